The van der Waals surface area contributed by atoms with Crippen molar-refractivity contribution in [2.24, 2.45) is 5.73 Å². The second-order valence-corrected chi connectivity index (χ2v) is 4.04. The molecule has 0 aliphatic carbocycles. The van der Waals surface area contributed by atoms with Gasteiger partial charge in [0.2, 0.25) is 0 Å². The molecule has 0 heterocycles. The fourth-order valence-corrected chi connectivity index (χ4v) is 1.83. The number of aliphatic carboxylic acids is 1. The summed E-state index contributed by atoms with van der Waals surface area (Å²) in [5, 5.41) is 8.19. The zero-order valence-electron chi connectivity index (χ0n) is 4.63. The molecule has 0 aromatic rings. The molecule has 0 rings (SSSR count). The van der Waals surface area contributed by atoms with Crippen molar-refractivity contribution in [1.29, 1.82) is 0 Å². The number of hydrogen-bond donors (Lipinski definition) is 2. The van der Waals surface area contributed by atoms with Crippen LogP contribution in [0, 0.1) is 0 Å². The van der Waals surface area contributed by atoms with Gasteiger partial charge in [0.25, 0.3) is 0 Å². The number of nitrogens with two attached hydrogens (primary N) is 1. The van der Waals surface area contributed by atoms with Gasteiger partial charge in [-0.2, -0.15) is 11.2 Å². The van der Waals surface area contributed by atoms with Gasteiger partial charge in [0.15, 0.2) is 0 Å². The van der Waals surface area contributed by atoms with Gasteiger partial charge in [-0.25, -0.2) is 0 Å². The Balaban J connectivity index is 3.32. The van der Waals surface area contributed by atoms with Gasteiger partial charge >= 0.3 is 5.97 Å². The Hall–Kier alpha value is -0.00312. The Kier molecular flexibility index (Phi) is 3.93. The van der Waals surface area contributed by atoms with E-state index in [4.69, 9.17) is 10.8 Å². The average Bonchev–Trinajstić information content (AvgIpc) is 1.67. The third-order valence-corrected chi connectivity index (χ3v) is 2.36. The summed E-state index contributed by atoms with van der Waals surface area (Å²) in [6.45, 7) is 0. The summed E-state index contributed by atoms with van der Waals surface area (Å²) in [6.07, 6.45) is 0. The van der Waals surface area contributed by atoms with Crippen LogP contribution in [0.15, 0.2) is 0 Å². The van der Waals surface area contributed by atoms with Crippen LogP contribution in [0.5, 0.6) is 0 Å². The van der Waals surface area contributed by atoms with E-state index in [-0.39, 0.29) is 0 Å². The van der Waals surface area contributed by atoms with E-state index in [0.717, 1.165) is 9.39 Å². The lowest BCUT2D eigenvalue weighted by Gasteiger charge is -2.00. The number of carboxylic acid groups (broad SMARTS) is 1. The first-order valence-electron chi connectivity index (χ1n) is 2.15. The standard InChI is InChI=1S/C3H9NO2SSi/c4-2(1-7-8)3(5)6/h2H,1,4H2,8H3,(H,5,6). The van der Waals surface area contributed by atoms with Crippen LogP contribution in [0.3, 0.4) is 0 Å². The van der Waals surface area contributed by atoms with Crippen molar-refractivity contribution in [2.45, 2.75) is 6.04 Å². The van der Waals surface area contributed by atoms with Crippen LogP contribution in [0.1, 0.15) is 0 Å². The van der Waals surface area contributed by atoms with Crippen LogP contribution in [0.2, 0.25) is 0 Å². The minimum absolute atomic E-state index is 0.543. The lowest BCUT2D eigenvalue weighted by atomic mass is 10.4. The highest BCUT2D eigenvalue weighted by Crippen LogP contribution is 1.91. The molecule has 1 unspecified atom stereocenters. The monoisotopic (exact) mass is 151 g/mol. The third-order valence-electron chi connectivity index (χ3n) is 0.663. The van der Waals surface area contributed by atoms with E-state index in [9.17, 15) is 4.79 Å². The van der Waals surface area contributed by atoms with E-state index >= 15 is 0 Å². The minimum Gasteiger partial charge on any atom is -0.480 e. The second kappa shape index (κ2) is 3.93. The predicted molar refractivity (Wildman–Crippen MR) is 38.0 cm³/mol. The highest BCUT2D eigenvalue weighted by atomic mass is 32.4. The van der Waals surface area contributed by atoms with Gasteiger partial charge in [0.1, 0.15) is 6.04 Å². The van der Waals surface area contributed by atoms with Gasteiger partial charge in [0.05, 0.1) is 9.39 Å². The first-order valence-corrected chi connectivity index (χ1v) is 6.00. The summed E-state index contributed by atoms with van der Waals surface area (Å²) in [5.41, 5.74) is 5.13. The summed E-state index contributed by atoms with van der Waals surface area (Å²) < 4.78 is 0. The van der Waals surface area contributed by atoms with Crippen LogP contribution < -0.4 is 5.73 Å². The molecule has 0 aromatic heterocycles. The molecule has 48 valence electrons. The Labute approximate surface area is 54.7 Å². The van der Waals surface area contributed by atoms with Crippen LogP contribution in [-0.2, 0) is 4.79 Å². The summed E-state index contributed by atoms with van der Waals surface area (Å²) >= 11 is 1.57. The lowest BCUT2D eigenvalue weighted by molar-refractivity contribution is -0.137. The zero-order valence-corrected chi connectivity index (χ0v) is 7.44. The maximum atomic E-state index is 9.97. The van der Waals surface area contributed by atoms with Crippen LogP contribution in [0.4, 0.5) is 0 Å². The molecule has 0 amide bonds. The maximum Gasteiger partial charge on any atom is 0.321 e. The molecule has 3 N–H and O–H groups in total. The number of rotatable bonds is 3. The third kappa shape index (κ3) is 3.06. The van der Waals surface area contributed by atoms with Crippen LogP contribution in [-0.4, -0.2) is 32.3 Å². The fourth-order valence-electron chi connectivity index (χ4n) is 0.251. The molecule has 0 saturated carbocycles. The SMILES string of the molecule is NC(CS[SiH3])C(=O)O. The highest BCUT2D eigenvalue weighted by Gasteiger charge is 2.08. The molecule has 1 atom stereocenters. The van der Waals surface area contributed by atoms with E-state index in [1.807, 2.05) is 0 Å². The Morgan fingerprint density at radius 1 is 2.00 bits per heavy atom. The largest absolute Gasteiger partial charge is 0.480 e. The van der Waals surface area contributed by atoms with E-state index in [1.165, 1.54) is 0 Å². The Bertz CT molecular complexity index is 89.4. The summed E-state index contributed by atoms with van der Waals surface area (Å²) in [5.74, 6) is -0.366. The zero-order chi connectivity index (χ0) is 6.57. The molecule has 0 spiro atoms. The molecule has 3 nitrogen and oxygen atoms in total. The van der Waals surface area contributed by atoms with Crippen molar-refractivity contribution >= 4 is 26.6 Å². The smallest absolute Gasteiger partial charge is 0.321 e. The van der Waals surface area contributed by atoms with Gasteiger partial charge in [-0.3, -0.25) is 4.79 Å². The molecule has 5 heteroatoms. The molecule has 0 bridgehead atoms. The summed E-state index contributed by atoms with van der Waals surface area (Å²) in [7, 11) is 0.956. The van der Waals surface area contributed by atoms with E-state index < -0.39 is 12.0 Å². The quantitative estimate of drug-likeness (QED) is 0.477. The molecule has 8 heavy (non-hydrogen) atoms. The van der Waals surface area contributed by atoms with Crippen molar-refractivity contribution < 1.29 is 9.90 Å². The summed E-state index contributed by atoms with van der Waals surface area (Å²) in [6, 6.07) is -0.669. The van der Waals surface area contributed by atoms with Crippen molar-refractivity contribution in [3.05, 3.63) is 0 Å². The maximum absolute atomic E-state index is 9.97. The van der Waals surface area contributed by atoms with E-state index in [0.29, 0.717) is 5.75 Å². The Morgan fingerprint density at radius 3 is 2.62 bits per heavy atom. The molecule has 0 aliphatic heterocycles. The van der Waals surface area contributed by atoms with Crippen LogP contribution >= 0.6 is 11.2 Å². The molecule has 0 aromatic carbocycles. The van der Waals surface area contributed by atoms with E-state index in [2.05, 4.69) is 0 Å². The lowest BCUT2D eigenvalue weighted by Crippen LogP contribution is -2.32. The second-order valence-electron chi connectivity index (χ2n) is 1.40. The van der Waals surface area contributed by atoms with Crippen LogP contribution in [0.25, 0.3) is 0 Å². The summed E-state index contributed by atoms with van der Waals surface area (Å²) in [4.78, 5) is 9.97. The number of hydrogen-bond acceptors (Lipinski definition) is 3. The van der Waals surface area contributed by atoms with Gasteiger partial charge in [0, 0.05) is 5.75 Å². The normalized spacial score (nSPS) is 13.6. The fraction of sp³-hybridized carbons (Fsp3) is 0.667. The van der Waals surface area contributed by atoms with Crippen molar-refractivity contribution in [3.63, 3.8) is 0 Å². The number of carbonyl (C=O) groups is 1. The van der Waals surface area contributed by atoms with Crippen molar-refractivity contribution in [2.75, 3.05) is 5.75 Å². The average molecular weight is 151 g/mol. The Morgan fingerprint density at radius 2 is 2.50 bits per heavy atom. The topological polar surface area (TPSA) is 63.3 Å². The van der Waals surface area contributed by atoms with Crippen molar-refractivity contribution in [1.82, 2.24) is 0 Å². The molecule has 0 fully saturated rings. The van der Waals surface area contributed by atoms with Crippen molar-refractivity contribution in [3.8, 4) is 0 Å². The molecule has 0 radical (unpaired) electrons. The van der Waals surface area contributed by atoms with Gasteiger partial charge in [-0.15, -0.1) is 0 Å². The van der Waals surface area contributed by atoms with E-state index in [1.54, 1.807) is 11.2 Å². The molecular weight excluding hydrogens is 142 g/mol. The first-order chi connectivity index (χ1) is 3.68. The minimum atomic E-state index is -0.909. The highest BCUT2D eigenvalue weighted by molar-refractivity contribution is 8.19. The molecule has 0 saturated heterocycles. The molecular formula is C3H9NO2SSi. The first kappa shape index (κ1) is 8.00. The predicted octanol–water partition coefficient (Wildman–Crippen LogP) is -1.59. The molecule has 0 aliphatic rings. The number of carboxylic acids is 1. The van der Waals surface area contributed by atoms with Gasteiger partial charge in [-0.05, 0) is 0 Å². The van der Waals surface area contributed by atoms with Gasteiger partial charge < -0.3 is 10.8 Å². The van der Waals surface area contributed by atoms with Gasteiger partial charge in [-0.1, -0.05) is 0 Å².